The summed E-state index contributed by atoms with van der Waals surface area (Å²) in [6.45, 7) is 7.07. The zero-order chi connectivity index (χ0) is 12.6. The van der Waals surface area contributed by atoms with Gasteiger partial charge in [0.15, 0.2) is 0 Å². The van der Waals surface area contributed by atoms with Gasteiger partial charge in [0.25, 0.3) is 0 Å². The van der Waals surface area contributed by atoms with E-state index in [0.29, 0.717) is 19.0 Å². The molecule has 0 bridgehead atoms. The van der Waals surface area contributed by atoms with E-state index in [-0.39, 0.29) is 6.09 Å². The van der Waals surface area contributed by atoms with Gasteiger partial charge >= 0.3 is 6.09 Å². The molecule has 1 amide bonds. The third-order valence-corrected chi connectivity index (χ3v) is 2.81. The molecule has 17 heavy (non-hydrogen) atoms. The Morgan fingerprint density at radius 1 is 1.47 bits per heavy atom. The number of amides is 1. The first-order chi connectivity index (χ1) is 7.87. The van der Waals surface area contributed by atoms with E-state index in [2.05, 4.69) is 4.98 Å². The minimum Gasteiger partial charge on any atom is -0.444 e. The lowest BCUT2D eigenvalue weighted by molar-refractivity contribution is 0.00765. The lowest BCUT2D eigenvalue weighted by Crippen LogP contribution is -2.50. The highest BCUT2D eigenvalue weighted by atomic mass is 16.6. The van der Waals surface area contributed by atoms with Crippen LogP contribution in [0.2, 0.25) is 0 Å². The maximum Gasteiger partial charge on any atom is 0.410 e. The predicted octanol–water partition coefficient (Wildman–Crippen LogP) is 1.75. The van der Waals surface area contributed by atoms with E-state index in [4.69, 9.17) is 4.74 Å². The van der Waals surface area contributed by atoms with Crippen LogP contribution in [0.15, 0.2) is 12.5 Å². The summed E-state index contributed by atoms with van der Waals surface area (Å²) in [6, 6.07) is 0. The number of hydrogen-bond donors (Lipinski definition) is 0. The number of carbonyl (C=O) groups is 1. The van der Waals surface area contributed by atoms with Crippen molar-refractivity contribution in [1.82, 2.24) is 14.5 Å². The van der Waals surface area contributed by atoms with E-state index >= 15 is 0 Å². The molecule has 1 saturated heterocycles. The van der Waals surface area contributed by atoms with Crippen LogP contribution in [0.1, 0.15) is 32.4 Å². The van der Waals surface area contributed by atoms with E-state index in [1.165, 1.54) is 5.69 Å². The van der Waals surface area contributed by atoms with Gasteiger partial charge in [-0.05, 0) is 20.8 Å². The summed E-state index contributed by atoms with van der Waals surface area (Å²) in [5.41, 5.74) is 0.749. The number of ether oxygens (including phenoxy) is 1. The van der Waals surface area contributed by atoms with E-state index in [0.717, 1.165) is 0 Å². The second-order valence-corrected chi connectivity index (χ2v) is 5.51. The van der Waals surface area contributed by atoms with Gasteiger partial charge in [0, 0.05) is 37.9 Å². The Morgan fingerprint density at radius 2 is 2.12 bits per heavy atom. The Kier molecular flexibility index (Phi) is 2.85. The molecule has 0 aliphatic carbocycles. The molecule has 0 atom stereocenters. The second kappa shape index (κ2) is 4.05. The summed E-state index contributed by atoms with van der Waals surface area (Å²) in [5, 5.41) is 0. The molecular weight excluding hydrogens is 218 g/mol. The van der Waals surface area contributed by atoms with Crippen LogP contribution in [0.25, 0.3) is 0 Å². The summed E-state index contributed by atoms with van der Waals surface area (Å²) in [4.78, 5) is 17.5. The van der Waals surface area contributed by atoms with Crippen LogP contribution in [0, 0.1) is 0 Å². The summed E-state index contributed by atoms with van der Waals surface area (Å²) in [6.07, 6.45) is 3.42. The van der Waals surface area contributed by atoms with Gasteiger partial charge in [0.05, 0.1) is 6.33 Å². The van der Waals surface area contributed by atoms with Crippen LogP contribution in [0.4, 0.5) is 4.79 Å². The molecule has 1 aliphatic heterocycles. The summed E-state index contributed by atoms with van der Waals surface area (Å²) in [7, 11) is 1.97. The van der Waals surface area contributed by atoms with Crippen molar-refractivity contribution in [2.75, 3.05) is 13.1 Å². The van der Waals surface area contributed by atoms with E-state index in [1.54, 1.807) is 11.2 Å². The van der Waals surface area contributed by atoms with Gasteiger partial charge in [-0.2, -0.15) is 0 Å². The number of hydrogen-bond acceptors (Lipinski definition) is 3. The van der Waals surface area contributed by atoms with Gasteiger partial charge in [-0.15, -0.1) is 0 Å². The van der Waals surface area contributed by atoms with Crippen molar-refractivity contribution in [2.45, 2.75) is 32.3 Å². The molecule has 2 heterocycles. The van der Waals surface area contributed by atoms with Crippen molar-refractivity contribution < 1.29 is 9.53 Å². The number of carbonyl (C=O) groups excluding carboxylic acids is 1. The molecule has 0 radical (unpaired) electrons. The Morgan fingerprint density at radius 3 is 2.59 bits per heavy atom. The van der Waals surface area contributed by atoms with Crippen LogP contribution < -0.4 is 0 Å². The molecule has 1 aromatic rings. The maximum atomic E-state index is 11.7. The monoisotopic (exact) mass is 237 g/mol. The molecule has 94 valence electrons. The van der Waals surface area contributed by atoms with Crippen LogP contribution in [-0.2, 0) is 11.8 Å². The number of aromatic nitrogens is 2. The van der Waals surface area contributed by atoms with E-state index in [9.17, 15) is 4.79 Å². The van der Waals surface area contributed by atoms with Crippen molar-refractivity contribution in [3.63, 3.8) is 0 Å². The first-order valence-corrected chi connectivity index (χ1v) is 5.81. The minimum absolute atomic E-state index is 0.226. The number of aryl methyl sites for hydroxylation is 1. The first kappa shape index (κ1) is 12.0. The van der Waals surface area contributed by atoms with E-state index in [1.807, 2.05) is 38.6 Å². The van der Waals surface area contributed by atoms with Crippen molar-refractivity contribution in [1.29, 1.82) is 0 Å². The molecule has 5 nitrogen and oxygen atoms in total. The Labute approximate surface area is 101 Å². The average Bonchev–Trinajstić information content (AvgIpc) is 2.46. The fourth-order valence-corrected chi connectivity index (χ4v) is 1.90. The second-order valence-electron chi connectivity index (χ2n) is 5.51. The van der Waals surface area contributed by atoms with Crippen LogP contribution in [0.3, 0.4) is 0 Å². The molecule has 5 heteroatoms. The third-order valence-electron chi connectivity index (χ3n) is 2.81. The average molecular weight is 237 g/mol. The number of rotatable bonds is 1. The fourth-order valence-electron chi connectivity index (χ4n) is 1.90. The summed E-state index contributed by atoms with van der Waals surface area (Å²) >= 11 is 0. The molecule has 2 rings (SSSR count). The van der Waals surface area contributed by atoms with Gasteiger partial charge in [-0.1, -0.05) is 0 Å². The molecule has 1 fully saturated rings. The largest absolute Gasteiger partial charge is 0.444 e. The highest BCUT2D eigenvalue weighted by molar-refractivity contribution is 5.69. The van der Waals surface area contributed by atoms with Crippen LogP contribution in [-0.4, -0.2) is 39.2 Å². The van der Waals surface area contributed by atoms with Crippen LogP contribution in [0.5, 0.6) is 0 Å². The topological polar surface area (TPSA) is 47.4 Å². The zero-order valence-electron chi connectivity index (χ0n) is 10.8. The van der Waals surface area contributed by atoms with Crippen molar-refractivity contribution >= 4 is 6.09 Å². The van der Waals surface area contributed by atoms with Crippen molar-refractivity contribution in [3.8, 4) is 0 Å². The minimum atomic E-state index is -0.422. The number of imidazole rings is 1. The molecule has 0 spiro atoms. The highest BCUT2D eigenvalue weighted by Gasteiger charge is 2.35. The predicted molar refractivity (Wildman–Crippen MR) is 63.8 cm³/mol. The van der Waals surface area contributed by atoms with Gasteiger partial charge < -0.3 is 14.2 Å². The third kappa shape index (κ3) is 2.60. The highest BCUT2D eigenvalue weighted by Crippen LogP contribution is 2.27. The smallest absolute Gasteiger partial charge is 0.410 e. The van der Waals surface area contributed by atoms with Gasteiger partial charge in [-0.25, -0.2) is 9.78 Å². The molecule has 0 unspecified atom stereocenters. The Hall–Kier alpha value is -1.52. The maximum absolute atomic E-state index is 11.7. The van der Waals surface area contributed by atoms with Crippen molar-refractivity contribution in [2.24, 2.45) is 7.05 Å². The molecule has 1 aromatic heterocycles. The van der Waals surface area contributed by atoms with Crippen LogP contribution >= 0.6 is 0 Å². The Bertz CT molecular complexity index is 414. The molecule has 0 N–H and O–H groups in total. The van der Waals surface area contributed by atoms with Gasteiger partial charge in [0.1, 0.15) is 5.60 Å². The van der Waals surface area contributed by atoms with Crippen molar-refractivity contribution in [3.05, 3.63) is 18.2 Å². The standard InChI is InChI=1S/C12H19N3O2/c1-12(2,3)17-11(16)15-6-9(7-15)10-5-13-8-14(10)4/h5,8-9H,6-7H2,1-4H3. The molecule has 0 aromatic carbocycles. The number of nitrogens with zero attached hydrogens (tertiary/aromatic N) is 3. The lowest BCUT2D eigenvalue weighted by Gasteiger charge is -2.39. The number of likely N-dealkylation sites (tertiary alicyclic amines) is 1. The normalized spacial score (nSPS) is 16.8. The van der Waals surface area contributed by atoms with Gasteiger partial charge in [-0.3, -0.25) is 0 Å². The fraction of sp³-hybridized carbons (Fsp3) is 0.667. The summed E-state index contributed by atoms with van der Waals surface area (Å²) in [5.74, 6) is 0.384. The Balaban J connectivity index is 1.87. The van der Waals surface area contributed by atoms with Gasteiger partial charge in [0.2, 0.25) is 0 Å². The van der Waals surface area contributed by atoms with E-state index < -0.39 is 5.60 Å². The SMILES string of the molecule is Cn1cncc1C1CN(C(=O)OC(C)(C)C)C1. The molecular formula is C12H19N3O2. The molecule has 1 aliphatic rings. The first-order valence-electron chi connectivity index (χ1n) is 5.81. The lowest BCUT2D eigenvalue weighted by atomic mass is 9.97. The summed E-state index contributed by atoms with van der Waals surface area (Å²) < 4.78 is 7.30. The molecule has 0 saturated carbocycles. The quantitative estimate of drug-likeness (QED) is 0.747. The zero-order valence-corrected chi connectivity index (χ0v) is 10.8.